The van der Waals surface area contributed by atoms with Gasteiger partial charge >= 0.3 is 0 Å². The highest BCUT2D eigenvalue weighted by atomic mass is 32.2. The normalized spacial score (nSPS) is 16.3. The van der Waals surface area contributed by atoms with Crippen molar-refractivity contribution >= 4 is 21.4 Å². The zero-order valence-corrected chi connectivity index (χ0v) is 18.4. The van der Waals surface area contributed by atoms with Crippen LogP contribution >= 0.6 is 0 Å². The molecule has 0 aliphatic carbocycles. The molecule has 0 saturated carbocycles. The van der Waals surface area contributed by atoms with Crippen molar-refractivity contribution in [2.24, 2.45) is 5.92 Å². The van der Waals surface area contributed by atoms with Crippen LogP contribution in [0.5, 0.6) is 0 Å². The van der Waals surface area contributed by atoms with Crippen LogP contribution in [0.1, 0.15) is 26.2 Å². The molecule has 1 fully saturated rings. The van der Waals surface area contributed by atoms with Crippen LogP contribution in [-0.4, -0.2) is 76.5 Å². The summed E-state index contributed by atoms with van der Waals surface area (Å²) in [5, 5.41) is 14.6. The average Bonchev–Trinajstić information content (AvgIpc) is 2.66. The Labute approximate surface area is 173 Å². The summed E-state index contributed by atoms with van der Waals surface area (Å²) in [6, 6.07) is 4.01. The van der Waals surface area contributed by atoms with E-state index in [4.69, 9.17) is 0 Å². The third-order valence-corrected chi connectivity index (χ3v) is 6.63. The number of nitrogens with one attached hydrogen (secondary N) is 2. The molecule has 0 amide bonds. The van der Waals surface area contributed by atoms with Crippen molar-refractivity contribution in [1.82, 2.24) is 14.5 Å². The fraction of sp³-hybridized carbons (Fsp3) is 0.684. The van der Waals surface area contributed by atoms with Crippen molar-refractivity contribution in [2.75, 3.05) is 58.7 Å². The second-order valence-corrected chi connectivity index (χ2v) is 9.71. The largest absolute Gasteiger partial charge is 0.378 e. The predicted molar refractivity (Wildman–Crippen MR) is 115 cm³/mol. The van der Waals surface area contributed by atoms with E-state index in [-0.39, 0.29) is 17.1 Å². The maximum atomic E-state index is 12.4. The molecule has 1 aromatic rings. The third-order valence-electron chi connectivity index (χ3n) is 5.17. The molecule has 10 heteroatoms. The van der Waals surface area contributed by atoms with Crippen LogP contribution in [0.3, 0.4) is 0 Å². The molecule has 0 aromatic heterocycles. The fourth-order valence-electron chi connectivity index (χ4n) is 3.30. The Morgan fingerprint density at radius 1 is 1.24 bits per heavy atom. The summed E-state index contributed by atoms with van der Waals surface area (Å²) in [4.78, 5) is 15.1. The number of piperidine rings is 1. The Hall–Kier alpha value is -1.75. The SMILES string of the molecule is CC1CCN(CCNc2ccc(S(=O)(=O)NCCCN(C)C)cc2[N+](=O)[O-])CC1. The fourth-order valence-corrected chi connectivity index (χ4v) is 4.39. The van der Waals surface area contributed by atoms with Crippen LogP contribution in [0.15, 0.2) is 23.1 Å². The number of nitro groups is 1. The second-order valence-electron chi connectivity index (χ2n) is 7.94. The molecule has 164 valence electrons. The van der Waals surface area contributed by atoms with E-state index in [1.165, 1.54) is 25.0 Å². The van der Waals surface area contributed by atoms with Crippen molar-refractivity contribution in [3.05, 3.63) is 28.3 Å². The Morgan fingerprint density at radius 3 is 2.55 bits per heavy atom. The lowest BCUT2D eigenvalue weighted by atomic mass is 9.99. The van der Waals surface area contributed by atoms with Crippen molar-refractivity contribution in [3.63, 3.8) is 0 Å². The molecule has 0 atom stereocenters. The summed E-state index contributed by atoms with van der Waals surface area (Å²) >= 11 is 0. The molecule has 0 bridgehead atoms. The third kappa shape index (κ3) is 7.54. The number of hydrogen-bond donors (Lipinski definition) is 2. The van der Waals surface area contributed by atoms with Crippen molar-refractivity contribution < 1.29 is 13.3 Å². The van der Waals surface area contributed by atoms with Gasteiger partial charge in [-0.25, -0.2) is 13.1 Å². The second kappa shape index (κ2) is 10.9. The Bertz CT molecular complexity index is 777. The highest BCUT2D eigenvalue weighted by Crippen LogP contribution is 2.27. The maximum absolute atomic E-state index is 12.4. The molecule has 1 aliphatic heterocycles. The molecule has 2 N–H and O–H groups in total. The van der Waals surface area contributed by atoms with Gasteiger partial charge in [0.15, 0.2) is 0 Å². The summed E-state index contributed by atoms with van der Waals surface area (Å²) in [6.07, 6.45) is 3.01. The quantitative estimate of drug-likeness (QED) is 0.316. The van der Waals surface area contributed by atoms with E-state index < -0.39 is 14.9 Å². The first-order valence-electron chi connectivity index (χ1n) is 10.1. The molecule has 0 radical (unpaired) electrons. The van der Waals surface area contributed by atoms with E-state index in [9.17, 15) is 18.5 Å². The molecule has 2 rings (SSSR count). The van der Waals surface area contributed by atoms with E-state index >= 15 is 0 Å². The van der Waals surface area contributed by atoms with Crippen LogP contribution in [0, 0.1) is 16.0 Å². The summed E-state index contributed by atoms with van der Waals surface area (Å²) in [5.74, 6) is 0.756. The van der Waals surface area contributed by atoms with Gasteiger partial charge in [-0.15, -0.1) is 0 Å². The molecular formula is C19H33N5O4S. The topological polar surface area (TPSA) is 108 Å². The highest BCUT2D eigenvalue weighted by Gasteiger charge is 2.21. The van der Waals surface area contributed by atoms with E-state index in [0.29, 0.717) is 18.7 Å². The summed E-state index contributed by atoms with van der Waals surface area (Å²) < 4.78 is 27.4. The van der Waals surface area contributed by atoms with Crippen LogP contribution in [-0.2, 0) is 10.0 Å². The van der Waals surface area contributed by atoms with Gasteiger partial charge in [0.25, 0.3) is 5.69 Å². The van der Waals surface area contributed by atoms with Gasteiger partial charge in [0.1, 0.15) is 5.69 Å². The van der Waals surface area contributed by atoms with E-state index in [0.717, 1.165) is 38.2 Å². The minimum absolute atomic E-state index is 0.0929. The molecular weight excluding hydrogens is 394 g/mol. The van der Waals surface area contributed by atoms with Crippen LogP contribution in [0.25, 0.3) is 0 Å². The van der Waals surface area contributed by atoms with Gasteiger partial charge in [-0.1, -0.05) is 6.92 Å². The smallest absolute Gasteiger partial charge is 0.293 e. The van der Waals surface area contributed by atoms with Crippen LogP contribution < -0.4 is 10.0 Å². The van der Waals surface area contributed by atoms with E-state index in [2.05, 4.69) is 21.9 Å². The van der Waals surface area contributed by atoms with Gasteiger partial charge in [-0.3, -0.25) is 10.1 Å². The Kier molecular flexibility index (Phi) is 8.81. The van der Waals surface area contributed by atoms with Crippen molar-refractivity contribution in [3.8, 4) is 0 Å². The minimum Gasteiger partial charge on any atom is -0.378 e. The molecule has 1 aromatic carbocycles. The van der Waals surface area contributed by atoms with Gasteiger partial charge in [0.05, 0.1) is 9.82 Å². The Morgan fingerprint density at radius 2 is 1.93 bits per heavy atom. The first-order chi connectivity index (χ1) is 13.7. The van der Waals surface area contributed by atoms with Gasteiger partial charge in [-0.05, 0) is 71.0 Å². The maximum Gasteiger partial charge on any atom is 0.293 e. The molecule has 29 heavy (non-hydrogen) atoms. The zero-order valence-electron chi connectivity index (χ0n) is 17.6. The molecule has 9 nitrogen and oxygen atoms in total. The first-order valence-corrected chi connectivity index (χ1v) is 11.6. The standard InChI is InChI=1S/C19H33N5O4S/c1-16-7-12-23(13-8-16)14-10-20-18-6-5-17(15-19(18)24(25)26)29(27,28)21-9-4-11-22(2)3/h5-6,15-16,20-21H,4,7-14H2,1-3H3. The lowest BCUT2D eigenvalue weighted by molar-refractivity contribution is -0.384. The number of nitrogens with zero attached hydrogens (tertiary/aromatic N) is 3. The highest BCUT2D eigenvalue weighted by molar-refractivity contribution is 7.89. The Balaban J connectivity index is 1.97. The van der Waals surface area contributed by atoms with Gasteiger partial charge in [0.2, 0.25) is 10.0 Å². The minimum atomic E-state index is -3.78. The van der Waals surface area contributed by atoms with Crippen molar-refractivity contribution in [2.45, 2.75) is 31.1 Å². The number of anilines is 1. The summed E-state index contributed by atoms with van der Waals surface area (Å²) in [5.41, 5.74) is 0.111. The summed E-state index contributed by atoms with van der Waals surface area (Å²) in [6.45, 7) is 6.75. The monoisotopic (exact) mass is 427 g/mol. The van der Waals surface area contributed by atoms with E-state index in [1.54, 1.807) is 0 Å². The zero-order chi connectivity index (χ0) is 21.4. The average molecular weight is 428 g/mol. The lowest BCUT2D eigenvalue weighted by Crippen LogP contribution is -2.36. The van der Waals surface area contributed by atoms with Crippen molar-refractivity contribution in [1.29, 1.82) is 0 Å². The van der Waals surface area contributed by atoms with Crippen LogP contribution in [0.2, 0.25) is 0 Å². The lowest BCUT2D eigenvalue weighted by Gasteiger charge is -2.30. The number of sulfonamides is 1. The number of benzene rings is 1. The number of nitro benzene ring substituents is 1. The first kappa shape index (κ1) is 23.5. The number of likely N-dealkylation sites (tertiary alicyclic amines) is 1. The number of hydrogen-bond acceptors (Lipinski definition) is 7. The molecule has 0 unspecified atom stereocenters. The van der Waals surface area contributed by atoms with Gasteiger partial charge in [0, 0.05) is 25.7 Å². The summed E-state index contributed by atoms with van der Waals surface area (Å²) in [7, 11) is 0.0413. The van der Waals surface area contributed by atoms with Crippen LogP contribution in [0.4, 0.5) is 11.4 Å². The molecule has 1 saturated heterocycles. The van der Waals surface area contributed by atoms with E-state index in [1.807, 2.05) is 19.0 Å². The molecule has 0 spiro atoms. The van der Waals surface area contributed by atoms with Gasteiger partial charge in [-0.2, -0.15) is 0 Å². The van der Waals surface area contributed by atoms with Gasteiger partial charge < -0.3 is 15.1 Å². The molecule has 1 aliphatic rings. The molecule has 1 heterocycles. The number of rotatable bonds is 11. The predicted octanol–water partition coefficient (Wildman–Crippen LogP) is 1.97.